The first-order valence-electron chi connectivity index (χ1n) is 33.1. The van der Waals surface area contributed by atoms with Gasteiger partial charge < -0.3 is 77.4 Å². The van der Waals surface area contributed by atoms with Gasteiger partial charge in [-0.15, -0.1) is 0 Å². The van der Waals surface area contributed by atoms with Gasteiger partial charge in [0.15, 0.2) is 12.2 Å². The van der Waals surface area contributed by atoms with Crippen LogP contribution in [0.15, 0.2) is 0 Å². The Morgan fingerprint density at radius 1 is 0.269 bits per heavy atom. The van der Waals surface area contributed by atoms with Crippen LogP contribution < -0.4 is 21.3 Å². The van der Waals surface area contributed by atoms with E-state index in [0.29, 0.717) is 19.5 Å². The standard InChI is InChI=1S/C63H122N4O16.10Ac/c68-48-51(70)55(74)57(76)59(78)61(80)64-45-41-37-33-29-25-21-17-13-9-5-1-3-7-11-15-19-23-27-31-35-39-43-53(72)66-47-50(63(82)83)67-54(73)44-40-36-32-28-24-20-16-12-8-4-2-6-10-14-18-22-26-30-34-38-42-46-65-62(81)60(79)58(77)56(75)52(71)49-69;;;;;;;;;;/h50-52,55-60,68-71,74-79H,1-49H2,(H,64,80)(H,65,81)(H,66,72)(H,67,73)(H,82,83);;;;;;;;;;/t50?,51-,52+,55+,56-,57-,58+,59+,60-;;;;;;;;;;/m1........../s1. The molecular formula is C63H122Ac10N4O16. The molecule has 0 aromatic rings. The van der Waals surface area contributed by atoms with Crippen molar-refractivity contribution in [3.05, 3.63) is 0 Å². The fraction of sp³-hybridized carbons (Fsp3) is 0.921. The third-order valence-corrected chi connectivity index (χ3v) is 15.9. The van der Waals surface area contributed by atoms with Gasteiger partial charge in [-0.05, 0) is 25.7 Å². The van der Waals surface area contributed by atoms with Gasteiger partial charge in [0.25, 0.3) is 11.8 Å². The normalized spacial score (nSPS) is 13.3. The molecule has 30 heteroatoms. The number of unbranched alkanes of at least 4 members (excludes halogenated alkanes) is 40. The Balaban J connectivity index is -0.000000747. The molecule has 0 aliphatic heterocycles. The molecule has 0 heterocycles. The van der Waals surface area contributed by atoms with Crippen LogP contribution in [0.5, 0.6) is 0 Å². The second-order valence-electron chi connectivity index (χ2n) is 23.5. The number of aliphatic hydroxyl groups is 10. The van der Waals surface area contributed by atoms with Gasteiger partial charge in [0, 0.05) is 473 Å². The number of carbonyl (C=O) groups excluding carboxylic acids is 4. The zero-order valence-corrected chi connectivity index (χ0v) is 105. The Hall–Kier alpha value is 11.4. The molecule has 0 aromatic carbocycles. The van der Waals surface area contributed by atoms with Crippen LogP contribution in [0.25, 0.3) is 0 Å². The molecule has 0 fully saturated rings. The van der Waals surface area contributed by atoms with E-state index in [1.54, 1.807) is 0 Å². The second kappa shape index (κ2) is 95.7. The second-order valence-corrected chi connectivity index (χ2v) is 23.5. The first-order chi connectivity index (χ1) is 40.1. The van der Waals surface area contributed by atoms with Gasteiger partial charge in [-0.2, -0.15) is 0 Å². The van der Waals surface area contributed by atoms with Crippen LogP contribution in [0.2, 0.25) is 0 Å². The summed E-state index contributed by atoms with van der Waals surface area (Å²) < 4.78 is 0. The zero-order chi connectivity index (χ0) is 61.6. The molecule has 0 bridgehead atoms. The molecule has 0 rings (SSSR count). The number of aliphatic hydroxyl groups excluding tert-OH is 10. The molecule has 0 aromatic heterocycles. The maximum absolute atomic E-state index is 12.5. The maximum atomic E-state index is 12.5. The van der Waals surface area contributed by atoms with Gasteiger partial charge in [-0.3, -0.25) is 19.2 Å². The summed E-state index contributed by atoms with van der Waals surface area (Å²) in [6, 6.07) is -1.13. The summed E-state index contributed by atoms with van der Waals surface area (Å²) in [5.41, 5.74) is 0. The number of rotatable bonds is 62. The molecule has 9 atom stereocenters. The third kappa shape index (κ3) is 81.2. The van der Waals surface area contributed by atoms with Crippen molar-refractivity contribution < 1.29 is 521 Å². The van der Waals surface area contributed by atoms with E-state index >= 15 is 0 Å². The number of hydrogen-bond donors (Lipinski definition) is 15. The smallest absolute Gasteiger partial charge is 0.328 e. The Labute approximate surface area is 920 Å². The van der Waals surface area contributed by atoms with E-state index in [2.05, 4.69) is 21.3 Å². The topological polar surface area (TPSA) is 356 Å². The minimum Gasteiger partial charge on any atom is -0.480 e. The molecule has 1 unspecified atom stereocenters. The SMILES string of the molecule is O=C(CCCCCCCCCCCCCCCCCCCCCCCNC(=O)[C@@H](O)[C@H](O)[C@@H](O)[C@H](O)CO)NCC(NC(=O)CCCCCCCCCCCCCCCCCCCCCCCNC(=O)[C@H](O)[C@@H](O)[C@H](O)[C@@H](O)CO)C(=O)O.[Ac].[Ac].[Ac].[Ac].[Ac].[Ac].[Ac].[Ac].[Ac].[Ac]. The van der Waals surface area contributed by atoms with Crippen molar-refractivity contribution in [3.8, 4) is 0 Å². The van der Waals surface area contributed by atoms with Gasteiger partial charge >= 0.3 is 5.97 Å². The Morgan fingerprint density at radius 3 is 0.688 bits per heavy atom. The number of carbonyl (C=O) groups is 5. The van der Waals surface area contributed by atoms with Crippen LogP contribution in [0.4, 0.5) is 0 Å². The number of aliphatic carboxylic acids is 1. The van der Waals surface area contributed by atoms with Crippen molar-refractivity contribution in [1.82, 2.24) is 21.3 Å². The number of carboxylic acids is 1. The van der Waals surface area contributed by atoms with Gasteiger partial charge in [0.05, 0.1) is 13.2 Å². The van der Waals surface area contributed by atoms with Crippen molar-refractivity contribution in [1.29, 1.82) is 0 Å². The van der Waals surface area contributed by atoms with Crippen LogP contribution in [0, 0.1) is 441 Å². The zero-order valence-electron chi connectivity index (χ0n) is 57.1. The van der Waals surface area contributed by atoms with Crippen molar-refractivity contribution in [2.45, 2.75) is 337 Å². The molecule has 10 radical (unpaired) electrons. The molecule has 0 aliphatic carbocycles. The van der Waals surface area contributed by atoms with E-state index in [9.17, 15) is 69.9 Å². The van der Waals surface area contributed by atoms with E-state index < -0.39 is 85.9 Å². The predicted molar refractivity (Wildman–Crippen MR) is 324 cm³/mol. The van der Waals surface area contributed by atoms with Crippen molar-refractivity contribution >= 4 is 29.6 Å². The van der Waals surface area contributed by atoms with E-state index in [1.807, 2.05) is 0 Å². The van der Waals surface area contributed by atoms with Crippen LogP contribution in [0.1, 0.15) is 283 Å². The number of carboxylic acid groups (broad SMARTS) is 1. The fourth-order valence-corrected chi connectivity index (χ4v) is 10.3. The molecule has 93 heavy (non-hydrogen) atoms. The average Bonchev–Trinajstić information content (AvgIpc) is 2.08. The number of hydrogen-bond acceptors (Lipinski definition) is 15. The predicted octanol–water partition coefficient (Wildman–Crippen LogP) is 6.94. The first kappa shape index (κ1) is 128. The summed E-state index contributed by atoms with van der Waals surface area (Å²) >= 11 is 0. The van der Waals surface area contributed by atoms with Crippen molar-refractivity contribution in [3.63, 3.8) is 0 Å². The quantitative estimate of drug-likeness (QED) is 0.0274. The molecule has 0 aliphatic rings. The molecule has 0 spiro atoms. The average molecular weight is 3460 g/mol. The maximum Gasteiger partial charge on any atom is 0.328 e. The minimum absolute atomic E-state index is 0. The summed E-state index contributed by atoms with van der Waals surface area (Å²) in [7, 11) is 0. The molecule has 520 valence electrons. The largest absolute Gasteiger partial charge is 0.480 e. The van der Waals surface area contributed by atoms with E-state index in [-0.39, 0.29) is 465 Å². The third-order valence-electron chi connectivity index (χ3n) is 15.9. The first-order valence-corrected chi connectivity index (χ1v) is 33.1. The summed E-state index contributed by atoms with van der Waals surface area (Å²) in [6.45, 7) is -1.01. The summed E-state index contributed by atoms with van der Waals surface area (Å²) in [6.07, 6.45) is 34.7. The van der Waals surface area contributed by atoms with Crippen LogP contribution >= 0.6 is 0 Å². The molecule has 4 amide bonds. The van der Waals surface area contributed by atoms with E-state index in [1.165, 1.54) is 167 Å². The van der Waals surface area contributed by atoms with Gasteiger partial charge in [0.2, 0.25) is 11.8 Å². The summed E-state index contributed by atoms with van der Waals surface area (Å²) in [5, 5.41) is 115. The summed E-state index contributed by atoms with van der Waals surface area (Å²) in [5.74, 6) is -3.26. The Kier molecular flexibility index (Phi) is 132. The summed E-state index contributed by atoms with van der Waals surface area (Å²) in [4.78, 5) is 60.6. The fourth-order valence-electron chi connectivity index (χ4n) is 10.3. The van der Waals surface area contributed by atoms with Gasteiger partial charge in [-0.25, -0.2) is 4.79 Å². The Morgan fingerprint density at radius 2 is 0.473 bits per heavy atom. The monoisotopic (exact) mass is 3460 g/mol. The van der Waals surface area contributed by atoms with E-state index in [4.69, 9.17) is 10.2 Å². The van der Waals surface area contributed by atoms with E-state index in [0.717, 1.165) is 103 Å². The van der Waals surface area contributed by atoms with Gasteiger partial charge in [-0.1, -0.05) is 244 Å². The molecule has 15 N–H and O–H groups in total. The van der Waals surface area contributed by atoms with Crippen LogP contribution in [0.3, 0.4) is 0 Å². The van der Waals surface area contributed by atoms with Crippen LogP contribution in [-0.2, 0) is 24.0 Å². The molecular weight excluding hydrogens is 3340 g/mol. The Bertz CT molecular complexity index is 1600. The number of amides is 4. The molecule has 20 nitrogen and oxygen atoms in total. The number of nitrogens with one attached hydrogen (secondary N) is 4. The molecule has 0 saturated carbocycles. The van der Waals surface area contributed by atoms with Crippen molar-refractivity contribution in [2.75, 3.05) is 32.8 Å². The van der Waals surface area contributed by atoms with Crippen molar-refractivity contribution in [2.24, 2.45) is 0 Å². The van der Waals surface area contributed by atoms with Gasteiger partial charge in [0.1, 0.15) is 42.7 Å². The molecule has 0 saturated heterocycles. The minimum atomic E-state index is -1.89. The van der Waals surface area contributed by atoms with Crippen LogP contribution in [-0.4, -0.2) is 173 Å².